The zero-order valence-corrected chi connectivity index (χ0v) is 18.0. The molecular weight excluding hydrogens is 363 g/mol. The van der Waals surface area contributed by atoms with Crippen molar-refractivity contribution in [3.8, 4) is 22.6 Å². The number of aromatic hydroxyl groups is 2. The van der Waals surface area contributed by atoms with Crippen molar-refractivity contribution in [2.24, 2.45) is 0 Å². The number of phenols is 2. The Morgan fingerprint density at radius 3 is 1.56 bits per heavy atom. The van der Waals surface area contributed by atoms with Crippen LogP contribution in [0.25, 0.3) is 11.1 Å². The van der Waals surface area contributed by atoms with E-state index < -0.39 is 8.60 Å². The van der Waals surface area contributed by atoms with Gasteiger partial charge in [0, 0.05) is 5.56 Å². The zero-order chi connectivity index (χ0) is 21.2. The molecule has 27 heavy (non-hydrogen) atoms. The minimum absolute atomic E-state index is 0.0487. The summed E-state index contributed by atoms with van der Waals surface area (Å²) in [6.07, 6.45) is 0. The van der Waals surface area contributed by atoms with Gasteiger partial charge in [0.25, 0.3) is 0 Å². The Morgan fingerprint density at radius 1 is 0.778 bits per heavy atom. The molecule has 0 saturated heterocycles. The maximum atomic E-state index is 10.5. The minimum atomic E-state index is -2.62. The van der Waals surface area contributed by atoms with E-state index in [-0.39, 0.29) is 22.3 Å². The van der Waals surface area contributed by atoms with Gasteiger partial charge in [-0.25, -0.2) is 0 Å². The predicted octanol–water partition coefficient (Wildman–Crippen LogP) is 4.86. The Bertz CT molecular complexity index is 748. The van der Waals surface area contributed by atoms with Gasteiger partial charge in [0.2, 0.25) is 0 Å². The first-order chi connectivity index (χ1) is 12.2. The molecule has 0 bridgehead atoms. The monoisotopic (exact) mass is 394 g/mol. The second kappa shape index (κ2) is 8.57. The molecule has 6 heteroatoms. The first-order valence-electron chi connectivity index (χ1n) is 8.70. The second-order valence-electron chi connectivity index (χ2n) is 8.68. The van der Waals surface area contributed by atoms with Crippen LogP contribution in [0.4, 0.5) is 0 Å². The first kappa shape index (κ1) is 23.4. The molecule has 0 radical (unpaired) electrons. The molecule has 0 fully saturated rings. The molecule has 0 aliphatic rings. The molecule has 150 valence electrons. The van der Waals surface area contributed by atoms with Crippen LogP contribution >= 0.6 is 8.60 Å². The van der Waals surface area contributed by atoms with Gasteiger partial charge in [-0.15, -0.1) is 0 Å². The number of phenolic OH excluding ortho intramolecular Hbond substituents is 2. The van der Waals surface area contributed by atoms with E-state index in [0.29, 0.717) is 5.56 Å². The van der Waals surface area contributed by atoms with E-state index in [9.17, 15) is 10.2 Å². The second-order valence-corrected chi connectivity index (χ2v) is 9.21. The van der Waals surface area contributed by atoms with E-state index in [1.165, 1.54) is 22.8 Å². The Labute approximate surface area is 163 Å². The standard InChI is InChI=1S/C21H28O2.H3O3P/c1-13-11-15(20(2,3)4)18(16(12-13)21(5,6)7)14-9-8-10-17(22)19(14)23;1-4(2)3/h8-12,22-23H,1-7H3;1-3H. The summed E-state index contributed by atoms with van der Waals surface area (Å²) >= 11 is 0. The molecule has 2 aromatic carbocycles. The topological polar surface area (TPSA) is 101 Å². The fourth-order valence-electron chi connectivity index (χ4n) is 2.99. The molecule has 5 N–H and O–H groups in total. The molecule has 0 aromatic heterocycles. The van der Waals surface area contributed by atoms with Crippen molar-refractivity contribution in [1.82, 2.24) is 0 Å². The third kappa shape index (κ3) is 6.18. The molecule has 2 rings (SSSR count). The zero-order valence-electron chi connectivity index (χ0n) is 17.1. The molecular formula is C21H31O5P. The summed E-state index contributed by atoms with van der Waals surface area (Å²) in [5.74, 6) is -0.129. The van der Waals surface area contributed by atoms with Crippen LogP contribution in [0.15, 0.2) is 30.3 Å². The first-order valence-corrected chi connectivity index (χ1v) is 9.90. The number of benzene rings is 2. The Hall–Kier alpha value is -1.65. The molecule has 0 saturated carbocycles. The van der Waals surface area contributed by atoms with E-state index in [1.54, 1.807) is 6.07 Å². The van der Waals surface area contributed by atoms with E-state index in [1.807, 2.05) is 6.07 Å². The highest BCUT2D eigenvalue weighted by Gasteiger charge is 2.28. The number of hydrogen-bond donors (Lipinski definition) is 5. The fourth-order valence-corrected chi connectivity index (χ4v) is 2.99. The molecule has 0 atom stereocenters. The van der Waals surface area contributed by atoms with Gasteiger partial charge in [-0.05, 0) is 40.5 Å². The van der Waals surface area contributed by atoms with Gasteiger partial charge >= 0.3 is 8.60 Å². The van der Waals surface area contributed by atoms with Crippen LogP contribution in [0, 0.1) is 6.92 Å². The Morgan fingerprint density at radius 2 is 1.19 bits per heavy atom. The quantitative estimate of drug-likeness (QED) is 0.351. The maximum absolute atomic E-state index is 10.5. The van der Waals surface area contributed by atoms with Crippen molar-refractivity contribution in [2.45, 2.75) is 59.3 Å². The lowest BCUT2D eigenvalue weighted by atomic mass is 9.73. The smallest absolute Gasteiger partial charge is 0.324 e. The number of para-hydroxylation sites is 1. The average Bonchev–Trinajstić information content (AvgIpc) is 2.47. The molecule has 0 spiro atoms. The predicted molar refractivity (Wildman–Crippen MR) is 111 cm³/mol. The normalized spacial score (nSPS) is 12.0. The van der Waals surface area contributed by atoms with Gasteiger partial charge in [-0.3, -0.25) is 0 Å². The van der Waals surface area contributed by atoms with Gasteiger partial charge in [-0.2, -0.15) is 0 Å². The number of hydrogen-bond acceptors (Lipinski definition) is 5. The van der Waals surface area contributed by atoms with Crippen LogP contribution in [-0.2, 0) is 10.8 Å². The highest BCUT2D eigenvalue weighted by molar-refractivity contribution is 7.38. The summed E-state index contributed by atoms with van der Waals surface area (Å²) in [4.78, 5) is 21.7. The summed E-state index contributed by atoms with van der Waals surface area (Å²) in [7, 11) is -2.62. The lowest BCUT2D eigenvalue weighted by Gasteiger charge is -2.31. The lowest BCUT2D eigenvalue weighted by Crippen LogP contribution is -2.19. The Kier molecular flexibility index (Phi) is 7.43. The van der Waals surface area contributed by atoms with Crippen LogP contribution in [0.1, 0.15) is 58.2 Å². The summed E-state index contributed by atoms with van der Waals surface area (Å²) in [6.45, 7) is 15.2. The minimum Gasteiger partial charge on any atom is -0.504 e. The number of aryl methyl sites for hydroxylation is 1. The lowest BCUT2D eigenvalue weighted by molar-refractivity contribution is 0.368. The highest BCUT2D eigenvalue weighted by Crippen LogP contribution is 2.46. The highest BCUT2D eigenvalue weighted by atomic mass is 31.2. The van der Waals surface area contributed by atoms with Gasteiger partial charge < -0.3 is 24.9 Å². The largest absolute Gasteiger partial charge is 0.504 e. The fraction of sp³-hybridized carbons (Fsp3) is 0.429. The van der Waals surface area contributed by atoms with Crippen LogP contribution < -0.4 is 0 Å². The Balaban J connectivity index is 0.000000828. The molecule has 0 heterocycles. The molecule has 0 amide bonds. The van der Waals surface area contributed by atoms with Crippen LogP contribution in [0.2, 0.25) is 0 Å². The number of rotatable bonds is 1. The van der Waals surface area contributed by atoms with Crippen molar-refractivity contribution < 1.29 is 24.9 Å². The molecule has 0 unspecified atom stereocenters. The van der Waals surface area contributed by atoms with Gasteiger partial charge in [0.05, 0.1) is 0 Å². The van der Waals surface area contributed by atoms with Gasteiger partial charge in [0.1, 0.15) is 0 Å². The molecule has 5 nitrogen and oxygen atoms in total. The molecule has 2 aromatic rings. The summed E-state index contributed by atoms with van der Waals surface area (Å²) < 4.78 is 0. The van der Waals surface area contributed by atoms with Crippen molar-refractivity contribution in [3.05, 3.63) is 47.0 Å². The van der Waals surface area contributed by atoms with Crippen LogP contribution in [0.3, 0.4) is 0 Å². The van der Waals surface area contributed by atoms with Crippen LogP contribution in [0.5, 0.6) is 11.5 Å². The third-order valence-corrected chi connectivity index (χ3v) is 4.18. The van der Waals surface area contributed by atoms with Gasteiger partial charge in [0.15, 0.2) is 11.5 Å². The third-order valence-electron chi connectivity index (χ3n) is 4.18. The van der Waals surface area contributed by atoms with Crippen molar-refractivity contribution in [1.29, 1.82) is 0 Å². The van der Waals surface area contributed by atoms with Crippen molar-refractivity contribution in [3.63, 3.8) is 0 Å². The van der Waals surface area contributed by atoms with Crippen LogP contribution in [-0.4, -0.2) is 24.9 Å². The van der Waals surface area contributed by atoms with E-state index in [2.05, 4.69) is 60.6 Å². The average molecular weight is 394 g/mol. The van der Waals surface area contributed by atoms with E-state index in [4.69, 9.17) is 14.7 Å². The van der Waals surface area contributed by atoms with Crippen molar-refractivity contribution in [2.75, 3.05) is 0 Å². The molecule has 0 aliphatic heterocycles. The summed E-state index contributed by atoms with van der Waals surface area (Å²) in [5, 5.41) is 20.4. The maximum Gasteiger partial charge on any atom is 0.324 e. The summed E-state index contributed by atoms with van der Waals surface area (Å²) in [5.41, 5.74) is 5.16. The van der Waals surface area contributed by atoms with Crippen molar-refractivity contribution >= 4 is 8.60 Å². The SMILES string of the molecule is Cc1cc(C(C)(C)C)c(-c2cccc(O)c2O)c(C(C)(C)C)c1.OP(O)O. The molecule has 0 aliphatic carbocycles. The van der Waals surface area contributed by atoms with E-state index in [0.717, 1.165) is 5.56 Å². The van der Waals surface area contributed by atoms with E-state index >= 15 is 0 Å². The summed E-state index contributed by atoms with van der Waals surface area (Å²) in [6, 6.07) is 9.55. The van der Waals surface area contributed by atoms with Gasteiger partial charge in [-0.1, -0.05) is 71.4 Å².